The normalized spacial score (nSPS) is 17.4. The van der Waals surface area contributed by atoms with Crippen LogP contribution in [0, 0.1) is 6.92 Å². The Morgan fingerprint density at radius 2 is 2.12 bits per heavy atom. The molecular weight excluding hydrogens is 324 g/mol. The molecular formula is C17H22N4O4. The lowest BCUT2D eigenvalue weighted by Crippen LogP contribution is -2.39. The van der Waals surface area contributed by atoms with Gasteiger partial charge in [-0.1, -0.05) is 0 Å². The second-order valence-corrected chi connectivity index (χ2v) is 6.13. The van der Waals surface area contributed by atoms with E-state index in [0.717, 1.165) is 18.4 Å². The van der Waals surface area contributed by atoms with Crippen LogP contribution in [0.15, 0.2) is 16.9 Å². The lowest BCUT2D eigenvalue weighted by atomic mass is 9.96. The molecule has 1 aromatic heterocycles. The first-order valence-electron chi connectivity index (χ1n) is 8.20. The third kappa shape index (κ3) is 3.24. The fourth-order valence-corrected chi connectivity index (χ4v) is 3.34. The summed E-state index contributed by atoms with van der Waals surface area (Å²) >= 11 is 0. The van der Waals surface area contributed by atoms with Crippen LogP contribution in [-0.2, 0) is 0 Å². The molecule has 0 bridgehead atoms. The van der Waals surface area contributed by atoms with E-state index in [0.29, 0.717) is 36.0 Å². The summed E-state index contributed by atoms with van der Waals surface area (Å²) in [5.41, 5.74) is 1.02. The number of nitrogens with one attached hydrogen (secondary N) is 2. The first-order chi connectivity index (χ1) is 12.0. The Morgan fingerprint density at radius 3 is 2.76 bits per heavy atom. The maximum atomic E-state index is 13.0. The number of aromatic nitrogens is 3. The Morgan fingerprint density at radius 1 is 1.32 bits per heavy atom. The van der Waals surface area contributed by atoms with Crippen molar-refractivity contribution in [1.82, 2.24) is 20.1 Å². The molecule has 1 amide bonds. The number of aromatic amines is 2. The van der Waals surface area contributed by atoms with Crippen LogP contribution in [0.2, 0.25) is 0 Å². The molecule has 1 fully saturated rings. The van der Waals surface area contributed by atoms with E-state index in [2.05, 4.69) is 15.2 Å². The number of ether oxygens (including phenoxy) is 2. The van der Waals surface area contributed by atoms with Crippen LogP contribution in [0.1, 0.15) is 40.5 Å². The van der Waals surface area contributed by atoms with Crippen LogP contribution in [0.25, 0.3) is 0 Å². The maximum absolute atomic E-state index is 13.0. The molecule has 1 saturated heterocycles. The number of nitrogens with zero attached hydrogens (tertiary/aromatic N) is 2. The van der Waals surface area contributed by atoms with Crippen molar-refractivity contribution in [2.24, 2.45) is 0 Å². The zero-order valence-corrected chi connectivity index (χ0v) is 14.6. The zero-order chi connectivity index (χ0) is 18.0. The van der Waals surface area contributed by atoms with E-state index in [4.69, 9.17) is 9.47 Å². The number of piperidine rings is 1. The van der Waals surface area contributed by atoms with Gasteiger partial charge in [-0.05, 0) is 31.9 Å². The topological polar surface area (TPSA) is 100 Å². The highest BCUT2D eigenvalue weighted by Gasteiger charge is 2.29. The van der Waals surface area contributed by atoms with Gasteiger partial charge in [-0.3, -0.25) is 9.78 Å². The summed E-state index contributed by atoms with van der Waals surface area (Å²) in [5, 5.41) is 6.39. The van der Waals surface area contributed by atoms with Crippen molar-refractivity contribution >= 4 is 5.91 Å². The zero-order valence-electron chi connectivity index (χ0n) is 14.6. The number of carbonyl (C=O) groups is 1. The average molecular weight is 346 g/mol. The van der Waals surface area contributed by atoms with E-state index in [9.17, 15) is 9.59 Å². The number of hydrogen-bond acceptors (Lipinski definition) is 5. The summed E-state index contributed by atoms with van der Waals surface area (Å²) in [6.45, 7) is 3.05. The number of likely N-dealkylation sites (tertiary alicyclic amines) is 1. The van der Waals surface area contributed by atoms with E-state index in [1.165, 1.54) is 0 Å². The van der Waals surface area contributed by atoms with Crippen molar-refractivity contribution in [3.8, 4) is 11.5 Å². The number of H-pyrrole nitrogens is 2. The number of carbonyl (C=O) groups excluding carboxylic acids is 1. The highest BCUT2D eigenvalue weighted by atomic mass is 16.5. The molecule has 2 N–H and O–H groups in total. The Hall–Kier alpha value is -2.77. The average Bonchev–Trinajstić information content (AvgIpc) is 3.07. The second-order valence-electron chi connectivity index (χ2n) is 6.13. The number of benzene rings is 1. The molecule has 1 aliphatic heterocycles. The van der Waals surface area contributed by atoms with Gasteiger partial charge in [0.25, 0.3) is 5.91 Å². The molecule has 1 atom stereocenters. The van der Waals surface area contributed by atoms with E-state index in [-0.39, 0.29) is 17.5 Å². The first-order valence-corrected chi connectivity index (χ1v) is 8.20. The van der Waals surface area contributed by atoms with Crippen molar-refractivity contribution in [2.45, 2.75) is 25.7 Å². The monoisotopic (exact) mass is 346 g/mol. The van der Waals surface area contributed by atoms with Gasteiger partial charge in [-0.15, -0.1) is 0 Å². The molecule has 0 radical (unpaired) electrons. The summed E-state index contributed by atoms with van der Waals surface area (Å²) in [5.74, 6) is 1.74. The molecule has 0 spiro atoms. The Balaban J connectivity index is 1.84. The predicted octanol–water partition coefficient (Wildman–Crippen LogP) is 1.44. The molecule has 25 heavy (non-hydrogen) atoms. The molecule has 1 unspecified atom stereocenters. The summed E-state index contributed by atoms with van der Waals surface area (Å²) in [6, 6.07) is 3.50. The molecule has 8 nitrogen and oxygen atoms in total. The van der Waals surface area contributed by atoms with E-state index < -0.39 is 0 Å². The largest absolute Gasteiger partial charge is 0.493 e. The predicted molar refractivity (Wildman–Crippen MR) is 91.4 cm³/mol. The summed E-state index contributed by atoms with van der Waals surface area (Å²) < 4.78 is 10.7. The van der Waals surface area contributed by atoms with E-state index in [1.54, 1.807) is 31.3 Å². The third-order valence-electron chi connectivity index (χ3n) is 4.64. The minimum atomic E-state index is -0.325. The molecule has 1 aliphatic rings. The molecule has 134 valence electrons. The molecule has 3 rings (SSSR count). The van der Waals surface area contributed by atoms with E-state index in [1.807, 2.05) is 6.92 Å². The van der Waals surface area contributed by atoms with Crippen molar-refractivity contribution < 1.29 is 14.3 Å². The minimum Gasteiger partial charge on any atom is -0.493 e. The van der Waals surface area contributed by atoms with Crippen LogP contribution in [0.4, 0.5) is 0 Å². The Bertz CT molecular complexity index is 826. The summed E-state index contributed by atoms with van der Waals surface area (Å²) in [7, 11) is 3.13. The van der Waals surface area contributed by atoms with E-state index >= 15 is 0 Å². The fraction of sp³-hybridized carbons (Fsp3) is 0.471. The van der Waals surface area contributed by atoms with Gasteiger partial charge in [0, 0.05) is 30.1 Å². The Labute approximate surface area is 145 Å². The van der Waals surface area contributed by atoms with Gasteiger partial charge in [0.1, 0.15) is 5.82 Å². The molecule has 2 aromatic rings. The maximum Gasteiger partial charge on any atom is 0.340 e. The van der Waals surface area contributed by atoms with Gasteiger partial charge < -0.3 is 14.4 Å². The van der Waals surface area contributed by atoms with Crippen LogP contribution < -0.4 is 15.2 Å². The molecule has 1 aromatic carbocycles. The van der Waals surface area contributed by atoms with Crippen LogP contribution in [-0.4, -0.2) is 53.3 Å². The van der Waals surface area contributed by atoms with Gasteiger partial charge in [-0.25, -0.2) is 9.89 Å². The van der Waals surface area contributed by atoms with Gasteiger partial charge in [0.15, 0.2) is 11.5 Å². The molecule has 0 saturated carbocycles. The number of rotatable bonds is 4. The SMILES string of the molecule is COc1ccc(C(=O)N2CCCC(c3n[nH]c(=O)[nH]3)C2)c(C)c1OC. The number of methoxy groups -OCH3 is 2. The highest BCUT2D eigenvalue weighted by molar-refractivity contribution is 5.96. The van der Waals surface area contributed by atoms with Crippen LogP contribution >= 0.6 is 0 Å². The molecule has 8 heteroatoms. The summed E-state index contributed by atoms with van der Waals surface area (Å²) in [6.07, 6.45) is 1.74. The smallest absolute Gasteiger partial charge is 0.340 e. The van der Waals surface area contributed by atoms with Crippen molar-refractivity contribution in [2.75, 3.05) is 27.3 Å². The molecule has 2 heterocycles. The van der Waals surface area contributed by atoms with Crippen molar-refractivity contribution in [3.05, 3.63) is 39.6 Å². The lowest BCUT2D eigenvalue weighted by molar-refractivity contribution is 0.0703. The lowest BCUT2D eigenvalue weighted by Gasteiger charge is -2.32. The van der Waals surface area contributed by atoms with Crippen molar-refractivity contribution in [3.63, 3.8) is 0 Å². The molecule has 0 aliphatic carbocycles. The van der Waals surface area contributed by atoms with Gasteiger partial charge in [0.2, 0.25) is 0 Å². The van der Waals surface area contributed by atoms with Crippen LogP contribution in [0.3, 0.4) is 0 Å². The van der Waals surface area contributed by atoms with Gasteiger partial charge >= 0.3 is 5.69 Å². The first kappa shape index (κ1) is 17.1. The number of hydrogen-bond donors (Lipinski definition) is 2. The third-order valence-corrected chi connectivity index (χ3v) is 4.64. The van der Waals surface area contributed by atoms with Crippen LogP contribution in [0.5, 0.6) is 11.5 Å². The number of amides is 1. The van der Waals surface area contributed by atoms with Gasteiger partial charge in [0.05, 0.1) is 14.2 Å². The quantitative estimate of drug-likeness (QED) is 0.872. The summed E-state index contributed by atoms with van der Waals surface area (Å²) in [4.78, 5) is 28.8. The highest BCUT2D eigenvalue weighted by Crippen LogP contribution is 2.34. The Kier molecular flexibility index (Phi) is 4.78. The minimum absolute atomic E-state index is 0.0251. The van der Waals surface area contributed by atoms with Gasteiger partial charge in [-0.2, -0.15) is 5.10 Å². The standard InChI is InChI=1S/C17H22N4O4/c1-10-12(6-7-13(24-2)14(10)25-3)16(22)21-8-4-5-11(9-21)15-18-17(23)20-19-15/h6-7,11H,4-5,8-9H2,1-3H3,(H2,18,19,20,23). The fourth-order valence-electron chi connectivity index (χ4n) is 3.34. The second kappa shape index (κ2) is 7.00. The van der Waals surface area contributed by atoms with Crippen molar-refractivity contribution in [1.29, 1.82) is 0 Å².